The van der Waals surface area contributed by atoms with Crippen molar-refractivity contribution in [3.8, 4) is 17.1 Å². The number of H-pyrrole nitrogens is 2. The number of aliphatic hydroxyl groups excluding tert-OH is 1. The van der Waals surface area contributed by atoms with Gasteiger partial charge in [0.1, 0.15) is 17.1 Å². The number of hydrogen-bond donors (Lipinski definition) is 4. The molecule has 40 heavy (non-hydrogen) atoms. The van der Waals surface area contributed by atoms with Crippen LogP contribution in [0.4, 0.5) is 15.8 Å². The number of imidazole rings is 1. The highest BCUT2D eigenvalue weighted by atomic mass is 35.5. The fraction of sp³-hybridized carbons (Fsp3) is 0.379. The number of nitrogens with zero attached hydrogens (tertiary/aromatic N) is 3. The quantitative estimate of drug-likeness (QED) is 0.223. The molecule has 1 aliphatic rings. The van der Waals surface area contributed by atoms with Gasteiger partial charge in [-0.1, -0.05) is 17.7 Å². The summed E-state index contributed by atoms with van der Waals surface area (Å²) in [6.45, 7) is 6.21. The predicted octanol–water partition coefficient (Wildman–Crippen LogP) is 4.52. The molecule has 1 atom stereocenters. The van der Waals surface area contributed by atoms with Crippen molar-refractivity contribution < 1.29 is 14.2 Å². The number of methoxy groups -OCH3 is 1. The van der Waals surface area contributed by atoms with Crippen molar-refractivity contribution >= 4 is 34.0 Å². The molecule has 2 aromatic carbocycles. The molecule has 0 spiro atoms. The third-order valence-corrected chi connectivity index (χ3v) is 7.65. The van der Waals surface area contributed by atoms with Gasteiger partial charge < -0.3 is 30.0 Å². The highest BCUT2D eigenvalue weighted by Crippen LogP contribution is 2.31. The number of ether oxygens (including phenoxy) is 1. The first-order valence-corrected chi connectivity index (χ1v) is 13.8. The Morgan fingerprint density at radius 3 is 2.73 bits per heavy atom. The molecule has 0 bridgehead atoms. The topological polar surface area (TPSA) is 110 Å². The number of fused-ring (bicyclic) bond motifs is 1. The van der Waals surface area contributed by atoms with Gasteiger partial charge in [-0.15, -0.1) is 0 Å². The van der Waals surface area contributed by atoms with Crippen LogP contribution in [0.3, 0.4) is 0 Å². The van der Waals surface area contributed by atoms with E-state index in [-0.39, 0.29) is 18.8 Å². The minimum absolute atomic E-state index is 0.153. The van der Waals surface area contributed by atoms with Crippen LogP contribution < -0.4 is 20.5 Å². The van der Waals surface area contributed by atoms with Crippen molar-refractivity contribution in [1.29, 1.82) is 0 Å². The summed E-state index contributed by atoms with van der Waals surface area (Å²) in [6.07, 6.45) is 1.27. The van der Waals surface area contributed by atoms with Gasteiger partial charge in [-0.2, -0.15) is 0 Å². The van der Waals surface area contributed by atoms with Crippen molar-refractivity contribution in [2.75, 3.05) is 63.3 Å². The van der Waals surface area contributed by atoms with E-state index < -0.39 is 6.10 Å². The van der Waals surface area contributed by atoms with Crippen LogP contribution in [0.2, 0.25) is 5.02 Å². The third-order valence-electron chi connectivity index (χ3n) is 7.35. The number of pyridine rings is 1. The summed E-state index contributed by atoms with van der Waals surface area (Å²) < 4.78 is 17.7. The number of aryl methyl sites for hydroxylation is 1. The molecule has 5 rings (SSSR count). The van der Waals surface area contributed by atoms with E-state index >= 15 is 0 Å². The summed E-state index contributed by atoms with van der Waals surface area (Å²) in [5.41, 5.74) is 4.96. The number of benzene rings is 2. The molecular weight excluding hydrogens is 535 g/mol. The number of nitrogens with one attached hydrogen (secondary N) is 3. The van der Waals surface area contributed by atoms with Crippen molar-refractivity contribution in [3.63, 3.8) is 0 Å². The fourth-order valence-corrected chi connectivity index (χ4v) is 5.43. The summed E-state index contributed by atoms with van der Waals surface area (Å²) >= 11 is 6.22. The van der Waals surface area contributed by atoms with Crippen LogP contribution in [0, 0.1) is 6.92 Å². The number of aromatic amines is 2. The van der Waals surface area contributed by atoms with Crippen LogP contribution in [0.1, 0.15) is 23.7 Å². The molecule has 0 saturated carbocycles. The van der Waals surface area contributed by atoms with Gasteiger partial charge in [-0.3, -0.25) is 14.1 Å². The molecule has 1 aliphatic heterocycles. The second-order valence-corrected chi connectivity index (χ2v) is 10.4. The summed E-state index contributed by atoms with van der Waals surface area (Å²) in [7, 11) is 1.53. The average molecular weight is 569 g/mol. The maximum Gasteiger partial charge on any atom is 0.261 e. The second-order valence-electron chi connectivity index (χ2n) is 10.0. The third kappa shape index (κ3) is 5.94. The summed E-state index contributed by atoms with van der Waals surface area (Å²) in [6, 6.07) is 11.1. The molecule has 1 unspecified atom stereocenters. The lowest BCUT2D eigenvalue weighted by Gasteiger charge is -2.36. The molecule has 4 aromatic rings. The van der Waals surface area contributed by atoms with E-state index in [0.29, 0.717) is 39.8 Å². The van der Waals surface area contributed by atoms with Gasteiger partial charge in [-0.25, -0.2) is 4.98 Å². The standard InChI is InChI=1S/C29H34ClFN6O3/c1-18-14-20(37-12-10-36(11-13-37)9-3-7-31)16-23-27(18)35-28(34-23)26-22(6-8-32-29(26)39)33-17-24(38)19-4-5-25(40-2)21(30)15-19/h4-6,8,14-16,24,38H,3,7,9-13,17H2,1-2H3,(H,34,35)(H2,32,33,39). The Morgan fingerprint density at radius 2 is 2.00 bits per heavy atom. The summed E-state index contributed by atoms with van der Waals surface area (Å²) in [5.74, 6) is 0.972. The van der Waals surface area contributed by atoms with E-state index in [1.807, 2.05) is 6.92 Å². The second kappa shape index (κ2) is 12.3. The Morgan fingerprint density at radius 1 is 1.20 bits per heavy atom. The minimum Gasteiger partial charge on any atom is -0.495 e. The number of hydrogen-bond acceptors (Lipinski definition) is 7. The molecule has 1 fully saturated rings. The molecule has 4 N–H and O–H groups in total. The van der Waals surface area contributed by atoms with Crippen LogP contribution in [0.5, 0.6) is 5.75 Å². The lowest BCUT2D eigenvalue weighted by molar-refractivity contribution is 0.191. The van der Waals surface area contributed by atoms with Crippen molar-refractivity contribution in [1.82, 2.24) is 19.9 Å². The van der Waals surface area contributed by atoms with E-state index in [1.165, 1.54) is 7.11 Å². The van der Waals surface area contributed by atoms with E-state index in [9.17, 15) is 14.3 Å². The maximum absolute atomic E-state index is 13.0. The summed E-state index contributed by atoms with van der Waals surface area (Å²) in [5, 5.41) is 14.4. The molecule has 212 valence electrons. The molecule has 0 amide bonds. The molecule has 0 radical (unpaired) electrons. The van der Waals surface area contributed by atoms with Gasteiger partial charge in [-0.05, 0) is 54.8 Å². The van der Waals surface area contributed by atoms with Crippen LogP contribution in [-0.4, -0.2) is 78.0 Å². The van der Waals surface area contributed by atoms with Gasteiger partial charge in [0.15, 0.2) is 0 Å². The smallest absolute Gasteiger partial charge is 0.261 e. The predicted molar refractivity (Wildman–Crippen MR) is 158 cm³/mol. The molecule has 9 nitrogen and oxygen atoms in total. The largest absolute Gasteiger partial charge is 0.495 e. The van der Waals surface area contributed by atoms with Crippen LogP contribution in [-0.2, 0) is 0 Å². The number of halogens is 2. The first-order chi connectivity index (χ1) is 19.4. The highest BCUT2D eigenvalue weighted by Gasteiger charge is 2.20. The lowest BCUT2D eigenvalue weighted by atomic mass is 10.1. The minimum atomic E-state index is -0.867. The molecule has 0 aliphatic carbocycles. The number of alkyl halides is 1. The SMILES string of the molecule is COc1ccc(C(O)CNc2cc[nH]c(=O)c2-c2nc3c(C)cc(N4CCN(CCCF)CC4)cc3[nH]2)cc1Cl. The van der Waals surface area contributed by atoms with Gasteiger partial charge in [0.05, 0.1) is 41.6 Å². The van der Waals surface area contributed by atoms with E-state index in [2.05, 4.69) is 37.2 Å². The Labute approximate surface area is 236 Å². The summed E-state index contributed by atoms with van der Waals surface area (Å²) in [4.78, 5) is 28.5. The Hall–Kier alpha value is -3.60. The normalized spacial score (nSPS) is 15.0. The number of aromatic nitrogens is 3. The van der Waals surface area contributed by atoms with Crippen molar-refractivity contribution in [2.45, 2.75) is 19.4 Å². The lowest BCUT2D eigenvalue weighted by Crippen LogP contribution is -2.46. The Kier molecular flexibility index (Phi) is 8.58. The van der Waals surface area contributed by atoms with Gasteiger partial charge in [0.25, 0.3) is 5.56 Å². The molecule has 1 saturated heterocycles. The van der Waals surface area contributed by atoms with Crippen LogP contribution in [0.15, 0.2) is 47.4 Å². The number of aliphatic hydroxyl groups is 1. The average Bonchev–Trinajstić information content (AvgIpc) is 3.39. The van der Waals surface area contributed by atoms with E-state index in [4.69, 9.17) is 21.3 Å². The van der Waals surface area contributed by atoms with Gasteiger partial charge >= 0.3 is 0 Å². The number of rotatable bonds is 10. The first-order valence-electron chi connectivity index (χ1n) is 13.4. The monoisotopic (exact) mass is 568 g/mol. The van der Waals surface area contributed by atoms with Crippen molar-refractivity contribution in [2.24, 2.45) is 0 Å². The van der Waals surface area contributed by atoms with Crippen LogP contribution >= 0.6 is 11.6 Å². The van der Waals surface area contributed by atoms with Gasteiger partial charge in [0, 0.05) is 51.2 Å². The zero-order chi connectivity index (χ0) is 28.2. The first kappa shape index (κ1) is 27.9. The fourth-order valence-electron chi connectivity index (χ4n) is 5.16. The zero-order valence-corrected chi connectivity index (χ0v) is 23.4. The van der Waals surface area contributed by atoms with Gasteiger partial charge in [0.2, 0.25) is 0 Å². The number of anilines is 2. The Bertz CT molecular complexity index is 1530. The van der Waals surface area contributed by atoms with Crippen molar-refractivity contribution in [3.05, 3.63) is 69.1 Å². The Balaban J connectivity index is 1.36. The molecule has 3 heterocycles. The maximum atomic E-state index is 13.0. The molecule has 11 heteroatoms. The zero-order valence-electron chi connectivity index (χ0n) is 22.6. The van der Waals surface area contributed by atoms with E-state index in [1.54, 1.807) is 30.5 Å². The van der Waals surface area contributed by atoms with Crippen LogP contribution in [0.25, 0.3) is 22.4 Å². The number of piperazine rings is 1. The molecule has 2 aromatic heterocycles. The highest BCUT2D eigenvalue weighted by molar-refractivity contribution is 6.32. The molecular formula is C29H34ClFN6O3. The van der Waals surface area contributed by atoms with E-state index in [0.717, 1.165) is 55.0 Å².